The average Bonchev–Trinajstić information content (AvgIpc) is 2.78. The highest BCUT2D eigenvalue weighted by Crippen LogP contribution is 2.35. The Hall–Kier alpha value is -0.720. The van der Waals surface area contributed by atoms with Crippen LogP contribution in [-0.4, -0.2) is 39.6 Å². The van der Waals surface area contributed by atoms with Crippen molar-refractivity contribution in [3.05, 3.63) is 12.2 Å². The Morgan fingerprint density at radius 1 is 0.824 bits per heavy atom. The second-order valence-corrected chi connectivity index (χ2v) is 10.6. The SMILES string of the molecule is CCCCCCCCCCCCCC=CC(O)C(COP(=O)(O)O)NC(=O)CCCCCCC. The Balaban J connectivity index is 4.16. The van der Waals surface area contributed by atoms with E-state index >= 15 is 0 Å². The van der Waals surface area contributed by atoms with E-state index in [-0.39, 0.29) is 5.91 Å². The molecule has 0 heterocycles. The molecule has 0 saturated carbocycles. The Morgan fingerprint density at radius 3 is 1.79 bits per heavy atom. The van der Waals surface area contributed by atoms with E-state index in [2.05, 4.69) is 23.7 Å². The van der Waals surface area contributed by atoms with Crippen LogP contribution >= 0.6 is 7.82 Å². The fourth-order valence-electron chi connectivity index (χ4n) is 3.87. The van der Waals surface area contributed by atoms with Crippen LogP contribution in [0.2, 0.25) is 0 Å². The van der Waals surface area contributed by atoms with E-state index in [1.54, 1.807) is 6.08 Å². The minimum atomic E-state index is -4.68. The molecule has 0 fully saturated rings. The maximum atomic E-state index is 12.2. The summed E-state index contributed by atoms with van der Waals surface area (Å²) in [4.78, 5) is 30.2. The molecule has 2 unspecified atom stereocenters. The molecule has 7 nitrogen and oxygen atoms in total. The highest BCUT2D eigenvalue weighted by atomic mass is 31.2. The summed E-state index contributed by atoms with van der Waals surface area (Å²) in [5.41, 5.74) is 0. The van der Waals surface area contributed by atoms with Crippen LogP contribution in [0.1, 0.15) is 129 Å². The summed E-state index contributed by atoms with van der Waals surface area (Å²) in [6.07, 6.45) is 22.7. The first-order valence-electron chi connectivity index (χ1n) is 13.6. The number of rotatable bonds is 24. The molecule has 0 aromatic rings. The van der Waals surface area contributed by atoms with E-state index in [4.69, 9.17) is 9.79 Å². The third kappa shape index (κ3) is 23.0. The quantitative estimate of drug-likeness (QED) is 0.0671. The van der Waals surface area contributed by atoms with Gasteiger partial charge in [-0.3, -0.25) is 9.32 Å². The van der Waals surface area contributed by atoms with Crippen molar-refractivity contribution in [1.29, 1.82) is 0 Å². The number of phosphoric acid groups is 1. The summed E-state index contributed by atoms with van der Waals surface area (Å²) in [6, 6.07) is -0.899. The van der Waals surface area contributed by atoms with Gasteiger partial charge in [-0.15, -0.1) is 0 Å². The lowest BCUT2D eigenvalue weighted by atomic mass is 10.0. The van der Waals surface area contributed by atoms with E-state index < -0.39 is 26.6 Å². The maximum absolute atomic E-state index is 12.2. The van der Waals surface area contributed by atoms with Gasteiger partial charge < -0.3 is 20.2 Å². The average molecular weight is 506 g/mol. The molecule has 0 rings (SSSR count). The molecule has 0 saturated heterocycles. The fourth-order valence-corrected chi connectivity index (χ4v) is 4.22. The van der Waals surface area contributed by atoms with Gasteiger partial charge in [0.1, 0.15) is 0 Å². The van der Waals surface area contributed by atoms with Gasteiger partial charge >= 0.3 is 7.82 Å². The normalized spacial score (nSPS) is 13.9. The van der Waals surface area contributed by atoms with Crippen LogP contribution in [0.4, 0.5) is 0 Å². The second-order valence-electron chi connectivity index (χ2n) is 9.37. The van der Waals surface area contributed by atoms with Crippen LogP contribution in [0, 0.1) is 0 Å². The number of allylic oxidation sites excluding steroid dienone is 1. The van der Waals surface area contributed by atoms with Gasteiger partial charge in [0.2, 0.25) is 5.91 Å². The number of aliphatic hydroxyl groups excluding tert-OH is 1. The molecule has 0 radical (unpaired) electrons. The summed E-state index contributed by atoms with van der Waals surface area (Å²) in [7, 11) is -4.68. The van der Waals surface area contributed by atoms with Crippen molar-refractivity contribution in [1.82, 2.24) is 5.32 Å². The number of unbranched alkanes of at least 4 members (excludes halogenated alkanes) is 15. The van der Waals surface area contributed by atoms with Crippen LogP contribution in [0.3, 0.4) is 0 Å². The van der Waals surface area contributed by atoms with Crippen molar-refractivity contribution in [2.45, 2.75) is 142 Å². The van der Waals surface area contributed by atoms with Crippen molar-refractivity contribution in [3.8, 4) is 0 Å². The maximum Gasteiger partial charge on any atom is 0.469 e. The summed E-state index contributed by atoms with van der Waals surface area (Å²) in [6.45, 7) is 3.92. The number of carbonyl (C=O) groups is 1. The first-order valence-corrected chi connectivity index (χ1v) is 15.2. The van der Waals surface area contributed by atoms with Gasteiger partial charge in [0.05, 0.1) is 18.8 Å². The fraction of sp³-hybridized carbons (Fsp3) is 0.885. The summed E-state index contributed by atoms with van der Waals surface area (Å²) >= 11 is 0. The number of hydrogen-bond donors (Lipinski definition) is 4. The van der Waals surface area contributed by atoms with Crippen LogP contribution in [0.15, 0.2) is 12.2 Å². The summed E-state index contributed by atoms with van der Waals surface area (Å²) in [5.74, 6) is -0.242. The number of aliphatic hydroxyl groups is 1. The molecule has 34 heavy (non-hydrogen) atoms. The van der Waals surface area contributed by atoms with Crippen molar-refractivity contribution in [2.24, 2.45) is 0 Å². The minimum Gasteiger partial charge on any atom is -0.387 e. The summed E-state index contributed by atoms with van der Waals surface area (Å²) < 4.78 is 15.6. The van der Waals surface area contributed by atoms with Gasteiger partial charge in [-0.25, -0.2) is 4.57 Å². The molecule has 8 heteroatoms. The van der Waals surface area contributed by atoms with Gasteiger partial charge in [-0.05, 0) is 19.3 Å². The molecule has 0 aliphatic heterocycles. The van der Waals surface area contributed by atoms with E-state index in [1.165, 1.54) is 57.8 Å². The Bertz CT molecular complexity index is 551. The molecule has 0 aromatic heterocycles. The number of phosphoric ester groups is 1. The van der Waals surface area contributed by atoms with Gasteiger partial charge in [-0.1, -0.05) is 116 Å². The van der Waals surface area contributed by atoms with Crippen LogP contribution < -0.4 is 5.32 Å². The monoisotopic (exact) mass is 505 g/mol. The van der Waals surface area contributed by atoms with Gasteiger partial charge in [0.25, 0.3) is 0 Å². The van der Waals surface area contributed by atoms with Crippen molar-refractivity contribution < 1.29 is 28.8 Å². The zero-order valence-electron chi connectivity index (χ0n) is 21.8. The number of carbonyl (C=O) groups excluding carboxylic acids is 1. The van der Waals surface area contributed by atoms with E-state index in [1.807, 2.05) is 6.08 Å². The number of amides is 1. The van der Waals surface area contributed by atoms with Crippen molar-refractivity contribution in [3.63, 3.8) is 0 Å². The Morgan fingerprint density at radius 2 is 1.29 bits per heavy atom. The summed E-state index contributed by atoms with van der Waals surface area (Å²) in [5, 5.41) is 13.1. The lowest BCUT2D eigenvalue weighted by molar-refractivity contribution is -0.123. The minimum absolute atomic E-state index is 0.242. The predicted molar refractivity (Wildman–Crippen MR) is 140 cm³/mol. The lowest BCUT2D eigenvalue weighted by Gasteiger charge is -2.22. The van der Waals surface area contributed by atoms with Gasteiger partial charge in [0.15, 0.2) is 0 Å². The molecule has 0 aromatic carbocycles. The Labute approximate surface area is 208 Å². The van der Waals surface area contributed by atoms with E-state index in [9.17, 15) is 14.5 Å². The first kappa shape index (κ1) is 33.3. The van der Waals surface area contributed by atoms with E-state index in [0.29, 0.717) is 6.42 Å². The molecule has 2 atom stereocenters. The highest BCUT2D eigenvalue weighted by molar-refractivity contribution is 7.46. The zero-order valence-corrected chi connectivity index (χ0v) is 22.7. The number of hydrogen-bond acceptors (Lipinski definition) is 4. The molecule has 1 amide bonds. The topological polar surface area (TPSA) is 116 Å². The smallest absolute Gasteiger partial charge is 0.387 e. The standard InChI is InChI=1S/C26H52NO6P/c1-3-5-7-9-10-11-12-13-14-15-16-18-19-21-25(28)24(23-33-34(30,31)32)27-26(29)22-20-17-8-6-4-2/h19,21,24-25,28H,3-18,20,22-23H2,1-2H3,(H,27,29)(H2,30,31,32). The first-order chi connectivity index (χ1) is 16.3. The zero-order chi connectivity index (χ0) is 25.5. The lowest BCUT2D eigenvalue weighted by Crippen LogP contribution is -2.45. The molecule has 0 spiro atoms. The molecule has 0 bridgehead atoms. The van der Waals surface area contributed by atoms with Crippen molar-refractivity contribution >= 4 is 13.7 Å². The van der Waals surface area contributed by atoms with Gasteiger partial charge in [-0.2, -0.15) is 0 Å². The van der Waals surface area contributed by atoms with Crippen LogP contribution in [0.5, 0.6) is 0 Å². The second kappa shape index (κ2) is 22.7. The van der Waals surface area contributed by atoms with Crippen LogP contribution in [0.25, 0.3) is 0 Å². The third-order valence-corrected chi connectivity index (χ3v) is 6.48. The molecule has 0 aliphatic rings. The molecular formula is C26H52NO6P. The number of nitrogens with one attached hydrogen (secondary N) is 1. The van der Waals surface area contributed by atoms with Gasteiger partial charge in [0, 0.05) is 6.42 Å². The molecule has 0 aliphatic carbocycles. The largest absolute Gasteiger partial charge is 0.469 e. The predicted octanol–water partition coefficient (Wildman–Crippen LogP) is 6.56. The molecule has 202 valence electrons. The van der Waals surface area contributed by atoms with Crippen molar-refractivity contribution in [2.75, 3.05) is 6.61 Å². The Kier molecular flexibility index (Phi) is 22.2. The highest BCUT2D eigenvalue weighted by Gasteiger charge is 2.24. The molecular weight excluding hydrogens is 453 g/mol. The third-order valence-electron chi connectivity index (χ3n) is 6.00. The van der Waals surface area contributed by atoms with Crippen LogP contribution in [-0.2, 0) is 13.9 Å². The van der Waals surface area contributed by atoms with E-state index in [0.717, 1.165) is 51.4 Å². The molecule has 4 N–H and O–H groups in total.